The summed E-state index contributed by atoms with van der Waals surface area (Å²) in [5, 5.41) is 2.77. The maximum atomic E-state index is 12.2. The van der Waals surface area contributed by atoms with Crippen LogP contribution in [0.15, 0.2) is 54.6 Å². The first-order chi connectivity index (χ1) is 12.5. The molecule has 0 saturated carbocycles. The average Bonchev–Trinajstić information content (AvgIpc) is 2.60. The van der Waals surface area contributed by atoms with Gasteiger partial charge in [-0.2, -0.15) is 0 Å². The number of ether oxygens (including phenoxy) is 1. The molecule has 2 rings (SSSR count). The zero-order valence-electron chi connectivity index (χ0n) is 15.6. The molecule has 2 amide bonds. The molecule has 138 valence electrons. The second kappa shape index (κ2) is 9.61. The molecule has 2 aromatic carbocycles. The van der Waals surface area contributed by atoms with Crippen LogP contribution in [-0.4, -0.2) is 43.0 Å². The van der Waals surface area contributed by atoms with Gasteiger partial charge in [-0.3, -0.25) is 9.59 Å². The Bertz CT molecular complexity index is 729. The van der Waals surface area contributed by atoms with Crippen LogP contribution in [0.3, 0.4) is 0 Å². The molecule has 5 heteroatoms. The van der Waals surface area contributed by atoms with Gasteiger partial charge in [0.15, 0.2) is 6.61 Å². The number of nitrogens with zero attached hydrogens (tertiary/aromatic N) is 1. The number of amides is 2. The minimum Gasteiger partial charge on any atom is -0.483 e. The van der Waals surface area contributed by atoms with Gasteiger partial charge in [-0.1, -0.05) is 48.5 Å². The normalized spacial score (nSPS) is 10.5. The molecule has 0 saturated heterocycles. The fraction of sp³-hybridized carbons (Fsp3) is 0.333. The Morgan fingerprint density at radius 1 is 1.04 bits per heavy atom. The van der Waals surface area contributed by atoms with Gasteiger partial charge in [0.1, 0.15) is 5.75 Å². The topological polar surface area (TPSA) is 58.6 Å². The van der Waals surface area contributed by atoms with E-state index in [1.54, 1.807) is 7.05 Å². The first-order valence-electron chi connectivity index (χ1n) is 8.73. The molecular weight excluding hydrogens is 328 g/mol. The molecule has 0 bridgehead atoms. The molecule has 0 heterocycles. The molecule has 0 fully saturated rings. The molecular formula is C21H26N2O3. The van der Waals surface area contributed by atoms with Gasteiger partial charge in [0.05, 0.1) is 6.54 Å². The maximum absolute atomic E-state index is 12.2. The van der Waals surface area contributed by atoms with Gasteiger partial charge in [-0.15, -0.1) is 0 Å². The number of nitrogens with one attached hydrogen (secondary N) is 1. The zero-order chi connectivity index (χ0) is 18.9. The van der Waals surface area contributed by atoms with E-state index in [9.17, 15) is 9.59 Å². The molecule has 1 N–H and O–H groups in total. The highest BCUT2D eigenvalue weighted by atomic mass is 16.5. The number of carbonyl (C=O) groups excluding carboxylic acids is 2. The van der Waals surface area contributed by atoms with Crippen molar-refractivity contribution in [2.75, 3.05) is 20.2 Å². The summed E-state index contributed by atoms with van der Waals surface area (Å²) in [6.07, 6.45) is 0.734. The molecule has 2 aromatic rings. The van der Waals surface area contributed by atoms with Crippen LogP contribution >= 0.6 is 0 Å². The number of para-hydroxylation sites is 1. The predicted octanol–water partition coefficient (Wildman–Crippen LogP) is 2.64. The minimum absolute atomic E-state index is 0.0199. The second-order valence-electron chi connectivity index (χ2n) is 6.53. The lowest BCUT2D eigenvalue weighted by molar-refractivity contribution is -0.136. The summed E-state index contributed by atoms with van der Waals surface area (Å²) in [6, 6.07) is 17.8. The van der Waals surface area contributed by atoms with Crippen molar-refractivity contribution < 1.29 is 14.3 Å². The predicted molar refractivity (Wildman–Crippen MR) is 102 cm³/mol. The van der Waals surface area contributed by atoms with Gasteiger partial charge in [0, 0.05) is 19.5 Å². The van der Waals surface area contributed by atoms with E-state index in [4.69, 9.17) is 4.74 Å². The Balaban J connectivity index is 1.92. The van der Waals surface area contributed by atoms with E-state index in [1.165, 1.54) is 10.5 Å². The Hall–Kier alpha value is -2.82. The second-order valence-corrected chi connectivity index (χ2v) is 6.53. The van der Waals surface area contributed by atoms with Crippen LogP contribution in [0.5, 0.6) is 5.75 Å². The Morgan fingerprint density at radius 2 is 1.69 bits per heavy atom. The van der Waals surface area contributed by atoms with E-state index in [0.29, 0.717) is 5.75 Å². The molecule has 0 unspecified atom stereocenters. The van der Waals surface area contributed by atoms with E-state index < -0.39 is 0 Å². The Morgan fingerprint density at radius 3 is 2.38 bits per heavy atom. The van der Waals surface area contributed by atoms with Gasteiger partial charge in [0.25, 0.3) is 5.91 Å². The summed E-state index contributed by atoms with van der Waals surface area (Å²) >= 11 is 0. The van der Waals surface area contributed by atoms with Gasteiger partial charge in [-0.05, 0) is 31.0 Å². The van der Waals surface area contributed by atoms with Gasteiger partial charge in [-0.25, -0.2) is 0 Å². The summed E-state index contributed by atoms with van der Waals surface area (Å²) in [5.74, 6) is 0.267. The lowest BCUT2D eigenvalue weighted by Gasteiger charge is -2.19. The fourth-order valence-corrected chi connectivity index (χ4v) is 2.53. The van der Waals surface area contributed by atoms with Crippen molar-refractivity contribution in [3.8, 4) is 5.75 Å². The van der Waals surface area contributed by atoms with Crippen molar-refractivity contribution in [2.24, 2.45) is 0 Å². The highest BCUT2D eigenvalue weighted by Gasteiger charge is 2.15. The number of hydrogen-bond donors (Lipinski definition) is 1. The first-order valence-corrected chi connectivity index (χ1v) is 8.73. The number of carbonyl (C=O) groups is 2. The van der Waals surface area contributed by atoms with Crippen molar-refractivity contribution in [3.63, 3.8) is 0 Å². The van der Waals surface area contributed by atoms with E-state index in [-0.39, 0.29) is 31.0 Å². The smallest absolute Gasteiger partial charge is 0.260 e. The monoisotopic (exact) mass is 354 g/mol. The van der Waals surface area contributed by atoms with Crippen LogP contribution in [0.1, 0.15) is 25.0 Å². The molecule has 5 nitrogen and oxygen atoms in total. The summed E-state index contributed by atoms with van der Waals surface area (Å²) in [7, 11) is 1.60. The van der Waals surface area contributed by atoms with E-state index >= 15 is 0 Å². The maximum Gasteiger partial charge on any atom is 0.260 e. The summed E-state index contributed by atoms with van der Waals surface area (Å²) in [6.45, 7) is 3.68. The molecule has 0 radical (unpaired) electrons. The van der Waals surface area contributed by atoms with Crippen LogP contribution in [0.2, 0.25) is 0 Å². The zero-order valence-corrected chi connectivity index (χ0v) is 15.6. The SMILES string of the molecule is CC(C)NC(=O)CN(C)C(=O)COc1ccccc1Cc1ccccc1. The first kappa shape index (κ1) is 19.5. The Labute approximate surface area is 155 Å². The molecule has 26 heavy (non-hydrogen) atoms. The average molecular weight is 354 g/mol. The lowest BCUT2D eigenvalue weighted by atomic mass is 10.0. The van der Waals surface area contributed by atoms with Crippen LogP contribution in [-0.2, 0) is 16.0 Å². The highest BCUT2D eigenvalue weighted by molar-refractivity contribution is 5.85. The van der Waals surface area contributed by atoms with Crippen LogP contribution in [0.25, 0.3) is 0 Å². The van der Waals surface area contributed by atoms with E-state index in [0.717, 1.165) is 12.0 Å². The quantitative estimate of drug-likeness (QED) is 0.793. The third kappa shape index (κ3) is 6.24. The lowest BCUT2D eigenvalue weighted by Crippen LogP contribution is -2.42. The molecule has 0 aliphatic rings. The number of benzene rings is 2. The van der Waals surface area contributed by atoms with Crippen molar-refractivity contribution in [1.82, 2.24) is 10.2 Å². The van der Waals surface area contributed by atoms with Crippen molar-refractivity contribution in [1.29, 1.82) is 0 Å². The van der Waals surface area contributed by atoms with Crippen molar-refractivity contribution in [3.05, 3.63) is 65.7 Å². The number of hydrogen-bond acceptors (Lipinski definition) is 3. The number of rotatable bonds is 8. The third-order valence-corrected chi connectivity index (χ3v) is 3.82. The van der Waals surface area contributed by atoms with Gasteiger partial charge in [0.2, 0.25) is 5.91 Å². The standard InChI is InChI=1S/C21H26N2O3/c1-16(2)22-20(24)14-23(3)21(25)15-26-19-12-8-7-11-18(19)13-17-9-5-4-6-10-17/h4-12,16H,13-15H2,1-3H3,(H,22,24). The van der Waals surface area contributed by atoms with Gasteiger partial charge < -0.3 is 15.0 Å². The fourth-order valence-electron chi connectivity index (χ4n) is 2.53. The van der Waals surface area contributed by atoms with Gasteiger partial charge >= 0.3 is 0 Å². The van der Waals surface area contributed by atoms with E-state index in [2.05, 4.69) is 17.4 Å². The highest BCUT2D eigenvalue weighted by Crippen LogP contribution is 2.21. The third-order valence-electron chi connectivity index (χ3n) is 3.82. The molecule has 0 aliphatic carbocycles. The molecule has 0 spiro atoms. The van der Waals surface area contributed by atoms with E-state index in [1.807, 2.05) is 56.3 Å². The molecule has 0 aromatic heterocycles. The minimum atomic E-state index is -0.238. The van der Waals surface area contributed by atoms with Crippen molar-refractivity contribution in [2.45, 2.75) is 26.3 Å². The van der Waals surface area contributed by atoms with Crippen LogP contribution in [0, 0.1) is 0 Å². The van der Waals surface area contributed by atoms with Crippen molar-refractivity contribution >= 4 is 11.8 Å². The summed E-state index contributed by atoms with van der Waals surface area (Å²) in [5.41, 5.74) is 2.20. The molecule has 0 aliphatic heterocycles. The largest absolute Gasteiger partial charge is 0.483 e. The molecule has 0 atom stereocenters. The summed E-state index contributed by atoms with van der Waals surface area (Å²) < 4.78 is 5.73. The summed E-state index contributed by atoms with van der Waals surface area (Å²) in [4.78, 5) is 25.4. The van der Waals surface area contributed by atoms with Crippen LogP contribution in [0.4, 0.5) is 0 Å². The van der Waals surface area contributed by atoms with Crippen LogP contribution < -0.4 is 10.1 Å². The number of likely N-dealkylation sites (N-methyl/N-ethyl adjacent to an activating group) is 1. The Kier molecular flexibility index (Phi) is 7.21.